The highest BCUT2D eigenvalue weighted by Crippen LogP contribution is 2.39. The maximum atomic E-state index is 12.8. The van der Waals surface area contributed by atoms with E-state index in [1.807, 2.05) is 265 Å². The van der Waals surface area contributed by atoms with Crippen molar-refractivity contribution in [3.63, 3.8) is 0 Å². The highest BCUT2D eigenvalue weighted by atomic mass is 16.5. The summed E-state index contributed by atoms with van der Waals surface area (Å²) in [6.07, 6.45) is 28.8. The van der Waals surface area contributed by atoms with Gasteiger partial charge >= 0.3 is 0 Å². The summed E-state index contributed by atoms with van der Waals surface area (Å²) in [7, 11) is 0. The number of ether oxygens (including phenoxy) is 5. The molecule has 5 aliphatic carbocycles. The van der Waals surface area contributed by atoms with E-state index >= 15 is 0 Å². The van der Waals surface area contributed by atoms with Crippen LogP contribution < -0.4 is 23.7 Å². The van der Waals surface area contributed by atoms with Crippen LogP contribution in [0.15, 0.2) is 243 Å². The van der Waals surface area contributed by atoms with E-state index in [2.05, 4.69) is 46.8 Å². The van der Waals surface area contributed by atoms with Gasteiger partial charge in [-0.25, -0.2) is 0 Å². The topological polar surface area (TPSA) is 217 Å². The van der Waals surface area contributed by atoms with Gasteiger partial charge < -0.3 is 23.7 Å². The van der Waals surface area contributed by atoms with Gasteiger partial charge in [0.25, 0.3) is 0 Å². The monoisotopic (exact) mass is 1930 g/mol. The highest BCUT2D eigenvalue weighted by Gasteiger charge is 2.38. The molecule has 0 radical (unpaired) electrons. The Morgan fingerprint density at radius 2 is 0.413 bits per heavy atom. The lowest BCUT2D eigenvalue weighted by Crippen LogP contribution is -2.32. The van der Waals surface area contributed by atoms with E-state index in [4.69, 9.17) is 23.7 Å². The first-order chi connectivity index (χ1) is 69.5. The maximum Gasteiger partial charge on any atom is 0.147 e. The van der Waals surface area contributed by atoms with Crippen LogP contribution in [0.25, 0.3) is 55.6 Å². The number of carbonyl (C=O) groups excluding carboxylic acids is 10. The molecule has 143 heavy (non-hydrogen) atoms. The standard InChI is InChI=1S/C29H38O3.C27H34O3.C25H30O3.C24H28O3.C23H26O3/c1-3-5-6-7-8-9-22-12-19-27(28(30)20-22)29(31)21-23-10-13-24(14-11-23)25-15-17-26(18-16-25)32-4-2;1-3-5-6-7-20-10-17-25(26(28)18-20)27(29)19-21-8-11-22(12-9-21)23-13-15-24(16-14-23)30-4-2;1-3-5-18-8-15-23(24(26)16-18)25(27)17-19-6-9-20(10-7-19)21-11-13-22(14-12-21)28-4-2;1-3-17-7-14-22(23(25)15-17)24(26)16-18-5-8-19(9-6-18)20-10-12-21(13-11-20)27-4-2;1-3-26-20-11-9-19(10-12-20)18-7-5-17(6-8-18)15-23(25)21-13-4-16(2)14-22(21)24/h10-11,13-18,22,27H,3-9,12,19-21H2,1-2H3;8-9,11-16,20,25H,3-7,10,17-19H2,1-2H3;6-7,9-14,18,23H,3-5,8,15-17H2,1-2H3;5-6,8-13,17,22H,3-4,7,14-16H2,1-2H3;5-12,16,21H,3-4,13-15H2,1-2H3. The average molecular weight is 1930 g/mol. The molecular formula is C128H156O15. The summed E-state index contributed by atoms with van der Waals surface area (Å²) in [4.78, 5) is 125. The van der Waals surface area contributed by atoms with Gasteiger partial charge in [-0.05, 0) is 273 Å². The molecule has 10 aromatic rings. The first-order valence-electron chi connectivity index (χ1n) is 53.9. The predicted octanol–water partition coefficient (Wildman–Crippen LogP) is 29.4. The van der Waals surface area contributed by atoms with Gasteiger partial charge in [-0.3, -0.25) is 47.9 Å². The van der Waals surface area contributed by atoms with Gasteiger partial charge in [-0.1, -0.05) is 300 Å². The summed E-state index contributed by atoms with van der Waals surface area (Å²) in [5.41, 5.74) is 16.0. The quantitative estimate of drug-likeness (QED) is 0.0256. The van der Waals surface area contributed by atoms with Gasteiger partial charge in [-0.15, -0.1) is 0 Å². The molecule has 0 spiro atoms. The molecule has 0 heterocycles. The van der Waals surface area contributed by atoms with Crippen molar-refractivity contribution in [1.82, 2.24) is 0 Å². The zero-order valence-electron chi connectivity index (χ0n) is 86.9. The zero-order chi connectivity index (χ0) is 102. The number of hydrogen-bond donors (Lipinski definition) is 0. The van der Waals surface area contributed by atoms with Gasteiger partial charge in [0.05, 0.1) is 62.6 Å². The van der Waals surface area contributed by atoms with E-state index in [0.717, 1.165) is 202 Å². The lowest BCUT2D eigenvalue weighted by Gasteiger charge is -2.26. The fourth-order valence-electron chi connectivity index (χ4n) is 20.7. The minimum absolute atomic E-state index is 0.0655. The fourth-order valence-corrected chi connectivity index (χ4v) is 20.7. The Hall–Kier alpha value is -12.1. The van der Waals surface area contributed by atoms with Crippen molar-refractivity contribution in [2.24, 2.45) is 59.2 Å². The number of Topliss-reactive ketones (excluding diaryl/α,β-unsaturated/α-hetero) is 10. The lowest BCUT2D eigenvalue weighted by molar-refractivity contribution is -0.136. The molecule has 758 valence electrons. The second-order valence-electron chi connectivity index (χ2n) is 40.0. The van der Waals surface area contributed by atoms with E-state index in [-0.39, 0.29) is 63.8 Å². The third-order valence-corrected chi connectivity index (χ3v) is 29.2. The van der Waals surface area contributed by atoms with Crippen LogP contribution in [0.1, 0.15) is 277 Å². The molecule has 15 rings (SSSR count). The second-order valence-corrected chi connectivity index (χ2v) is 40.0. The van der Waals surface area contributed by atoms with Crippen LogP contribution in [0, 0.1) is 59.2 Å². The average Bonchev–Trinajstić information content (AvgIpc) is 0.836. The molecule has 0 aliphatic heterocycles. The largest absolute Gasteiger partial charge is 0.494 e. The van der Waals surface area contributed by atoms with Crippen molar-refractivity contribution in [2.75, 3.05) is 33.0 Å². The lowest BCUT2D eigenvalue weighted by atomic mass is 9.76. The summed E-state index contributed by atoms with van der Waals surface area (Å²) in [6, 6.07) is 80.5. The molecule has 0 bridgehead atoms. The van der Waals surface area contributed by atoms with Crippen LogP contribution in [-0.4, -0.2) is 90.9 Å². The van der Waals surface area contributed by atoms with Gasteiger partial charge in [0.1, 0.15) is 86.6 Å². The predicted molar refractivity (Wildman–Crippen MR) is 576 cm³/mol. The molecule has 5 saturated carbocycles. The molecular weight excluding hydrogens is 1780 g/mol. The van der Waals surface area contributed by atoms with Gasteiger partial charge in [0, 0.05) is 64.2 Å². The molecule has 15 heteroatoms. The van der Waals surface area contributed by atoms with Gasteiger partial charge in [0.2, 0.25) is 0 Å². The smallest absolute Gasteiger partial charge is 0.147 e. The van der Waals surface area contributed by atoms with Gasteiger partial charge in [0.15, 0.2) is 0 Å². The van der Waals surface area contributed by atoms with Crippen molar-refractivity contribution in [3.05, 3.63) is 270 Å². The Labute approximate surface area is 852 Å². The van der Waals surface area contributed by atoms with Crippen molar-refractivity contribution in [3.8, 4) is 84.4 Å². The second kappa shape index (κ2) is 59.2. The third kappa shape index (κ3) is 35.4. The van der Waals surface area contributed by atoms with Crippen LogP contribution in [0.5, 0.6) is 28.7 Å². The molecule has 0 N–H and O–H groups in total. The van der Waals surface area contributed by atoms with E-state index in [0.29, 0.717) is 133 Å². The van der Waals surface area contributed by atoms with Crippen molar-refractivity contribution < 1.29 is 71.6 Å². The number of hydrogen-bond acceptors (Lipinski definition) is 15. The van der Waals surface area contributed by atoms with E-state index in [1.54, 1.807) is 0 Å². The molecule has 0 amide bonds. The van der Waals surface area contributed by atoms with Crippen molar-refractivity contribution >= 4 is 57.8 Å². The summed E-state index contributed by atoms with van der Waals surface area (Å²) in [5.74, 6) is 5.87. The summed E-state index contributed by atoms with van der Waals surface area (Å²) in [5, 5.41) is 0. The van der Waals surface area contributed by atoms with Crippen LogP contribution in [0.3, 0.4) is 0 Å². The Bertz CT molecular complexity index is 5620. The SMILES string of the molecule is CCCC1CCC(C(=O)Cc2ccc(-c3ccc(OCC)cc3)cc2)C(=O)C1.CCCCCC1CCC(C(=O)Cc2ccc(-c3ccc(OCC)cc3)cc2)C(=O)C1.CCCCCCCC1CCC(C(=O)Cc2ccc(-c3ccc(OCC)cc3)cc2)C(=O)C1.CCOc1ccc(-c2ccc(CC(=O)C3CCC(C)CC3=O)cc2)cc1.CCOc1ccc(-c2ccc(CC(=O)C3CCC(CC)CC3=O)cc2)cc1. The fraction of sp³-hybridized carbons (Fsp3) is 0.453. The highest BCUT2D eigenvalue weighted by molar-refractivity contribution is 6.07. The minimum atomic E-state index is -0.392. The normalized spacial score (nSPS) is 19.3. The molecule has 10 unspecified atom stereocenters. The number of ketones is 10. The summed E-state index contributed by atoms with van der Waals surface area (Å²) in [6.45, 7) is 23.9. The Morgan fingerprint density at radius 3 is 0.629 bits per heavy atom. The van der Waals surface area contributed by atoms with Crippen LogP contribution in [-0.2, 0) is 80.0 Å². The molecule has 10 aromatic carbocycles. The maximum absolute atomic E-state index is 12.8. The number of unbranched alkanes of at least 4 members (excludes halogenated alkanes) is 6. The molecule has 0 aromatic heterocycles. The molecule has 10 atom stereocenters. The van der Waals surface area contributed by atoms with Gasteiger partial charge in [-0.2, -0.15) is 0 Å². The first kappa shape index (κ1) is 111. The van der Waals surface area contributed by atoms with Crippen LogP contribution >= 0.6 is 0 Å². The van der Waals surface area contributed by atoms with Crippen LogP contribution in [0.2, 0.25) is 0 Å². The first-order valence-corrected chi connectivity index (χ1v) is 53.9. The molecule has 0 saturated heterocycles. The van der Waals surface area contributed by atoms with E-state index in [1.165, 1.54) is 51.4 Å². The molecule has 5 fully saturated rings. The third-order valence-electron chi connectivity index (χ3n) is 29.2. The number of carbonyl (C=O) groups is 10. The van der Waals surface area contributed by atoms with Crippen molar-refractivity contribution in [2.45, 2.75) is 281 Å². The van der Waals surface area contributed by atoms with E-state index < -0.39 is 23.7 Å². The number of benzene rings is 10. The van der Waals surface area contributed by atoms with Crippen LogP contribution in [0.4, 0.5) is 0 Å². The number of rotatable bonds is 43. The molecule has 15 nitrogen and oxygen atoms in total. The Morgan fingerprint density at radius 1 is 0.217 bits per heavy atom. The summed E-state index contributed by atoms with van der Waals surface area (Å²) < 4.78 is 27.4. The zero-order valence-corrected chi connectivity index (χ0v) is 86.9. The van der Waals surface area contributed by atoms with Crippen molar-refractivity contribution in [1.29, 1.82) is 0 Å². The summed E-state index contributed by atoms with van der Waals surface area (Å²) >= 11 is 0. The Balaban J connectivity index is 0.000000171. The minimum Gasteiger partial charge on any atom is -0.494 e. The molecule has 5 aliphatic rings. The van der Waals surface area contributed by atoms with E-state index in [9.17, 15) is 47.9 Å². The Kier molecular flexibility index (Phi) is 46.1.